The summed E-state index contributed by atoms with van der Waals surface area (Å²) in [6, 6.07) is 9.23. The Labute approximate surface area is 121 Å². The first-order valence-corrected chi connectivity index (χ1v) is 6.99. The molecule has 0 aromatic heterocycles. The Morgan fingerprint density at radius 2 is 1.95 bits per heavy atom. The van der Waals surface area contributed by atoms with Gasteiger partial charge in [0.05, 0.1) is 12.5 Å². The lowest BCUT2D eigenvalue weighted by Gasteiger charge is -2.29. The van der Waals surface area contributed by atoms with Gasteiger partial charge in [-0.3, -0.25) is 9.63 Å². The molecule has 3 nitrogen and oxygen atoms in total. The molecule has 1 fully saturated rings. The van der Waals surface area contributed by atoms with Crippen molar-refractivity contribution in [1.82, 2.24) is 5.48 Å². The lowest BCUT2D eigenvalue weighted by molar-refractivity contribution is -0.187. The third-order valence-electron chi connectivity index (χ3n) is 3.76. The highest BCUT2D eigenvalue weighted by molar-refractivity contribution is 5.77. The van der Waals surface area contributed by atoms with Crippen molar-refractivity contribution in [3.05, 3.63) is 35.9 Å². The monoisotopic (exact) mass is 301 g/mol. The molecule has 2 unspecified atom stereocenters. The van der Waals surface area contributed by atoms with E-state index in [1.54, 1.807) is 0 Å². The molecule has 1 aliphatic rings. The molecule has 6 heteroatoms. The zero-order valence-electron chi connectivity index (χ0n) is 11.5. The predicted octanol–water partition coefficient (Wildman–Crippen LogP) is 3.60. The van der Waals surface area contributed by atoms with Crippen LogP contribution in [0, 0.1) is 11.8 Å². The third-order valence-corrected chi connectivity index (χ3v) is 3.76. The van der Waals surface area contributed by atoms with Crippen LogP contribution in [0.2, 0.25) is 0 Å². The van der Waals surface area contributed by atoms with Crippen LogP contribution in [0.1, 0.15) is 31.2 Å². The van der Waals surface area contributed by atoms with E-state index in [-0.39, 0.29) is 19.4 Å². The number of rotatable bonds is 4. The summed E-state index contributed by atoms with van der Waals surface area (Å²) in [5.74, 6) is -2.46. The van der Waals surface area contributed by atoms with Crippen molar-refractivity contribution in [2.45, 2.75) is 38.5 Å². The number of benzene rings is 1. The molecule has 1 amide bonds. The van der Waals surface area contributed by atoms with Gasteiger partial charge < -0.3 is 0 Å². The summed E-state index contributed by atoms with van der Waals surface area (Å²) in [6.45, 7) is 0.196. The standard InChI is InChI=1S/C15H18F3NO2/c16-15(17,18)13-8-4-7-12(9-13)14(20)19-21-10-11-5-2-1-3-6-11/h1-3,5-6,12-13H,4,7-10H2,(H,19,20). The summed E-state index contributed by atoms with van der Waals surface area (Å²) in [7, 11) is 0. The molecular formula is C15H18F3NO2. The Kier molecular flexibility index (Phi) is 5.22. The maximum absolute atomic E-state index is 12.7. The fourth-order valence-electron chi connectivity index (χ4n) is 2.57. The first-order chi connectivity index (χ1) is 9.97. The van der Waals surface area contributed by atoms with E-state index >= 15 is 0 Å². The van der Waals surface area contributed by atoms with Crippen LogP contribution in [0.25, 0.3) is 0 Å². The highest BCUT2D eigenvalue weighted by Crippen LogP contribution is 2.39. The van der Waals surface area contributed by atoms with E-state index in [1.807, 2.05) is 30.3 Å². The van der Waals surface area contributed by atoms with Gasteiger partial charge in [0, 0.05) is 5.92 Å². The molecule has 116 valence electrons. The second-order valence-electron chi connectivity index (χ2n) is 5.34. The van der Waals surface area contributed by atoms with E-state index < -0.39 is 23.9 Å². The van der Waals surface area contributed by atoms with Crippen molar-refractivity contribution in [2.24, 2.45) is 11.8 Å². The quantitative estimate of drug-likeness (QED) is 0.863. The number of alkyl halides is 3. The Hall–Kier alpha value is -1.56. The maximum atomic E-state index is 12.7. The summed E-state index contributed by atoms with van der Waals surface area (Å²) < 4.78 is 38.1. The molecule has 21 heavy (non-hydrogen) atoms. The van der Waals surface area contributed by atoms with E-state index in [9.17, 15) is 18.0 Å². The van der Waals surface area contributed by atoms with Gasteiger partial charge in [0.2, 0.25) is 5.91 Å². The van der Waals surface area contributed by atoms with Gasteiger partial charge in [-0.25, -0.2) is 5.48 Å². The van der Waals surface area contributed by atoms with Gasteiger partial charge >= 0.3 is 6.18 Å². The molecule has 1 saturated carbocycles. The molecule has 0 aliphatic heterocycles. The van der Waals surface area contributed by atoms with Crippen LogP contribution in [0.5, 0.6) is 0 Å². The number of halogens is 3. The number of amides is 1. The summed E-state index contributed by atoms with van der Waals surface area (Å²) in [5, 5.41) is 0. The van der Waals surface area contributed by atoms with E-state index in [0.717, 1.165) is 5.56 Å². The van der Waals surface area contributed by atoms with Crippen molar-refractivity contribution in [2.75, 3.05) is 0 Å². The van der Waals surface area contributed by atoms with E-state index in [4.69, 9.17) is 4.84 Å². The third kappa shape index (κ3) is 4.74. The summed E-state index contributed by atoms with van der Waals surface area (Å²) >= 11 is 0. The molecule has 0 radical (unpaired) electrons. The van der Waals surface area contributed by atoms with Crippen LogP contribution in [0.3, 0.4) is 0 Å². The molecular weight excluding hydrogens is 283 g/mol. The van der Waals surface area contributed by atoms with Gasteiger partial charge in [0.25, 0.3) is 0 Å². The molecule has 2 atom stereocenters. The van der Waals surface area contributed by atoms with Gasteiger partial charge in [0.1, 0.15) is 0 Å². The molecule has 1 N–H and O–H groups in total. The molecule has 1 aromatic rings. The van der Waals surface area contributed by atoms with Crippen LogP contribution >= 0.6 is 0 Å². The molecule has 2 rings (SSSR count). The average molecular weight is 301 g/mol. The van der Waals surface area contributed by atoms with Crippen LogP contribution in [0.15, 0.2) is 30.3 Å². The fraction of sp³-hybridized carbons (Fsp3) is 0.533. The Morgan fingerprint density at radius 3 is 2.62 bits per heavy atom. The Bertz CT molecular complexity index is 462. The van der Waals surface area contributed by atoms with E-state index in [2.05, 4.69) is 5.48 Å². The van der Waals surface area contributed by atoms with Gasteiger partial charge in [0.15, 0.2) is 0 Å². The first-order valence-electron chi connectivity index (χ1n) is 6.99. The van der Waals surface area contributed by atoms with Crippen molar-refractivity contribution in [3.8, 4) is 0 Å². The molecule has 0 bridgehead atoms. The van der Waals surface area contributed by atoms with Gasteiger partial charge in [-0.1, -0.05) is 36.8 Å². The van der Waals surface area contributed by atoms with Gasteiger partial charge in [-0.05, 0) is 24.8 Å². The van der Waals surface area contributed by atoms with Crippen LogP contribution in [-0.4, -0.2) is 12.1 Å². The van der Waals surface area contributed by atoms with Gasteiger partial charge in [-0.15, -0.1) is 0 Å². The number of hydrogen-bond acceptors (Lipinski definition) is 2. The number of hydroxylamine groups is 1. The Balaban J connectivity index is 1.78. The minimum Gasteiger partial charge on any atom is -0.272 e. The molecule has 1 aliphatic carbocycles. The second kappa shape index (κ2) is 6.93. The molecule has 1 aromatic carbocycles. The Morgan fingerprint density at radius 1 is 1.24 bits per heavy atom. The van der Waals surface area contributed by atoms with E-state index in [0.29, 0.717) is 12.8 Å². The average Bonchev–Trinajstić information content (AvgIpc) is 2.47. The van der Waals surface area contributed by atoms with Crippen molar-refractivity contribution in [3.63, 3.8) is 0 Å². The highest BCUT2D eigenvalue weighted by atomic mass is 19.4. The predicted molar refractivity (Wildman–Crippen MR) is 70.9 cm³/mol. The molecule has 0 saturated heterocycles. The van der Waals surface area contributed by atoms with E-state index in [1.165, 1.54) is 0 Å². The van der Waals surface area contributed by atoms with Crippen LogP contribution in [0.4, 0.5) is 13.2 Å². The van der Waals surface area contributed by atoms with Crippen molar-refractivity contribution in [1.29, 1.82) is 0 Å². The van der Waals surface area contributed by atoms with Crippen LogP contribution in [-0.2, 0) is 16.2 Å². The lowest BCUT2D eigenvalue weighted by atomic mass is 9.81. The van der Waals surface area contributed by atoms with Crippen molar-refractivity contribution >= 4 is 5.91 Å². The largest absolute Gasteiger partial charge is 0.391 e. The maximum Gasteiger partial charge on any atom is 0.391 e. The molecule has 0 spiro atoms. The SMILES string of the molecule is O=C(NOCc1ccccc1)C1CCCC(C(F)(F)F)C1. The summed E-state index contributed by atoms with van der Waals surface area (Å²) in [6.07, 6.45) is -3.36. The normalized spacial score (nSPS) is 22.8. The minimum absolute atomic E-state index is 0.109. The zero-order valence-corrected chi connectivity index (χ0v) is 11.5. The smallest absolute Gasteiger partial charge is 0.272 e. The minimum atomic E-state index is -4.22. The second-order valence-corrected chi connectivity index (χ2v) is 5.34. The lowest BCUT2D eigenvalue weighted by Crippen LogP contribution is -2.37. The summed E-state index contributed by atoms with van der Waals surface area (Å²) in [4.78, 5) is 16.9. The fourth-order valence-corrected chi connectivity index (χ4v) is 2.57. The number of nitrogens with one attached hydrogen (secondary N) is 1. The van der Waals surface area contributed by atoms with Gasteiger partial charge in [-0.2, -0.15) is 13.2 Å². The molecule has 0 heterocycles. The van der Waals surface area contributed by atoms with Crippen LogP contribution < -0.4 is 5.48 Å². The van der Waals surface area contributed by atoms with Crippen molar-refractivity contribution < 1.29 is 22.8 Å². The number of carbonyl (C=O) groups excluding carboxylic acids is 1. The zero-order chi connectivity index (χ0) is 15.3. The topological polar surface area (TPSA) is 38.3 Å². The first kappa shape index (κ1) is 15.8. The highest BCUT2D eigenvalue weighted by Gasteiger charge is 2.43. The number of hydrogen-bond donors (Lipinski definition) is 1. The summed E-state index contributed by atoms with van der Waals surface area (Å²) in [5.41, 5.74) is 3.15. The number of carbonyl (C=O) groups is 1.